The summed E-state index contributed by atoms with van der Waals surface area (Å²) in [6.45, 7) is 7.38. The molecule has 3 heterocycles. The second-order valence-corrected chi connectivity index (χ2v) is 11.9. The molecular formula is C36H42N6O4. The lowest BCUT2D eigenvalue weighted by Crippen LogP contribution is -2.51. The van der Waals surface area contributed by atoms with Crippen LogP contribution in [0.25, 0.3) is 0 Å². The number of aliphatic hydroxyl groups excluding tert-OH is 1. The van der Waals surface area contributed by atoms with E-state index in [1.165, 1.54) is 0 Å². The number of carbonyl (C=O) groups excluding carboxylic acids is 1. The van der Waals surface area contributed by atoms with Crippen molar-refractivity contribution in [2.75, 3.05) is 37.6 Å². The molecule has 3 N–H and O–H groups in total. The number of aromatic nitrogens is 2. The number of piperazine rings is 1. The Morgan fingerprint density at radius 2 is 1.39 bits per heavy atom. The number of anilines is 1. The Labute approximate surface area is 270 Å². The van der Waals surface area contributed by atoms with Crippen molar-refractivity contribution in [2.24, 2.45) is 5.92 Å². The highest BCUT2D eigenvalue weighted by molar-refractivity contribution is 5.73. The molecule has 1 aromatic heterocycles. The third kappa shape index (κ3) is 8.07. The maximum absolute atomic E-state index is 12.3. The number of urea groups is 1. The maximum Gasteiger partial charge on any atom is 0.315 e. The number of carbonyl (C=O) groups is 1. The predicted octanol–water partition coefficient (Wildman–Crippen LogP) is 4.58. The Kier molecular flexibility index (Phi) is 10.5. The van der Waals surface area contributed by atoms with Crippen LogP contribution in [-0.2, 0) is 29.2 Å². The van der Waals surface area contributed by atoms with Crippen LogP contribution in [0.3, 0.4) is 0 Å². The minimum absolute atomic E-state index is 0.00556. The molecule has 0 spiro atoms. The summed E-state index contributed by atoms with van der Waals surface area (Å²) in [5.74, 6) is 0.875. The summed E-state index contributed by atoms with van der Waals surface area (Å²) in [7, 11) is 0. The summed E-state index contributed by atoms with van der Waals surface area (Å²) < 4.78 is 13.3. The van der Waals surface area contributed by atoms with Crippen molar-refractivity contribution in [1.82, 2.24) is 25.5 Å². The van der Waals surface area contributed by atoms with Gasteiger partial charge in [0.1, 0.15) is 0 Å². The van der Waals surface area contributed by atoms with Crippen LogP contribution in [0.5, 0.6) is 0 Å². The fraction of sp³-hybridized carbons (Fsp3) is 0.361. The van der Waals surface area contributed by atoms with Gasteiger partial charge in [-0.2, -0.15) is 0 Å². The summed E-state index contributed by atoms with van der Waals surface area (Å²) in [5.41, 5.74) is 4.90. The smallest absolute Gasteiger partial charge is 0.315 e. The average molecular weight is 623 g/mol. The molecule has 0 radical (unpaired) electrons. The van der Waals surface area contributed by atoms with Gasteiger partial charge in [0.2, 0.25) is 5.95 Å². The lowest BCUT2D eigenvalue weighted by molar-refractivity contribution is -0.276. The summed E-state index contributed by atoms with van der Waals surface area (Å²) in [5, 5.41) is 15.4. The Balaban J connectivity index is 1.10. The minimum atomic E-state index is -0.543. The number of rotatable bonds is 10. The lowest BCUT2D eigenvalue weighted by atomic mass is 9.90. The first kappa shape index (κ1) is 31.6. The van der Waals surface area contributed by atoms with Crippen LogP contribution in [0.15, 0.2) is 97.3 Å². The number of hydrogen-bond donors (Lipinski definition) is 3. The molecule has 2 saturated heterocycles. The van der Waals surface area contributed by atoms with Gasteiger partial charge < -0.3 is 30.1 Å². The van der Waals surface area contributed by atoms with E-state index in [9.17, 15) is 9.90 Å². The van der Waals surface area contributed by atoms with E-state index in [4.69, 9.17) is 9.47 Å². The first-order valence-corrected chi connectivity index (χ1v) is 15.9. The standard InChI is InChI=1S/C36H42N6O4/c1-26-32(24-41-18-20-42(21-19-41)35-37-16-5-17-38-35)45-34(46-33(26)30-12-10-29(25-43)11-13-30)31-14-8-28(9-15-31)23-40-36(44)39-22-27-6-3-2-4-7-27/h2-17,26,32-34,43H,18-25H2,1H3,(H2,39,40,44). The number of benzene rings is 3. The average Bonchev–Trinajstić information content (AvgIpc) is 3.12. The number of hydrogen-bond acceptors (Lipinski definition) is 8. The molecule has 2 aliphatic rings. The fourth-order valence-electron chi connectivity index (χ4n) is 5.98. The van der Waals surface area contributed by atoms with Gasteiger partial charge in [0, 0.05) is 69.7 Å². The molecule has 2 aliphatic heterocycles. The normalized spacial score (nSPS) is 21.9. The van der Waals surface area contributed by atoms with Crippen molar-refractivity contribution in [1.29, 1.82) is 0 Å². The van der Waals surface area contributed by atoms with E-state index < -0.39 is 6.29 Å². The molecule has 2 amide bonds. The molecule has 6 rings (SSSR count). The summed E-state index contributed by atoms with van der Waals surface area (Å²) in [4.78, 5) is 25.9. The van der Waals surface area contributed by atoms with E-state index in [2.05, 4.69) is 37.3 Å². The molecular weight excluding hydrogens is 580 g/mol. The highest BCUT2D eigenvalue weighted by Crippen LogP contribution is 2.42. The molecule has 3 aromatic carbocycles. The zero-order valence-electron chi connectivity index (χ0n) is 26.2. The number of ether oxygens (including phenoxy) is 2. The molecule has 0 aliphatic carbocycles. The minimum Gasteiger partial charge on any atom is -0.392 e. The van der Waals surface area contributed by atoms with Gasteiger partial charge in [-0.05, 0) is 28.3 Å². The van der Waals surface area contributed by atoms with Crippen LogP contribution in [-0.4, -0.2) is 64.8 Å². The molecule has 0 bridgehead atoms. The Bertz CT molecular complexity index is 1520. The quantitative estimate of drug-likeness (QED) is 0.236. The monoisotopic (exact) mass is 622 g/mol. The van der Waals surface area contributed by atoms with Gasteiger partial charge in [-0.1, -0.05) is 85.8 Å². The van der Waals surface area contributed by atoms with Gasteiger partial charge in [-0.3, -0.25) is 4.90 Å². The molecule has 240 valence electrons. The first-order valence-electron chi connectivity index (χ1n) is 15.9. The van der Waals surface area contributed by atoms with E-state index >= 15 is 0 Å². The molecule has 46 heavy (non-hydrogen) atoms. The van der Waals surface area contributed by atoms with Crippen LogP contribution in [0.4, 0.5) is 10.7 Å². The van der Waals surface area contributed by atoms with Crippen LogP contribution in [0.1, 0.15) is 47.1 Å². The van der Waals surface area contributed by atoms with E-state index in [1.54, 1.807) is 12.4 Å². The lowest BCUT2D eigenvalue weighted by Gasteiger charge is -2.44. The van der Waals surface area contributed by atoms with Gasteiger partial charge in [0.05, 0.1) is 18.8 Å². The van der Waals surface area contributed by atoms with Crippen LogP contribution in [0, 0.1) is 5.92 Å². The SMILES string of the molecule is CC1C(CN2CCN(c3ncccn3)CC2)OC(c2ccc(CNC(=O)NCc3ccccc3)cc2)OC1c1ccc(CO)cc1. The second-order valence-electron chi connectivity index (χ2n) is 11.9. The van der Waals surface area contributed by atoms with Gasteiger partial charge in [0.25, 0.3) is 0 Å². The second kappa shape index (κ2) is 15.3. The van der Waals surface area contributed by atoms with E-state index in [0.717, 1.165) is 66.5 Å². The Morgan fingerprint density at radius 3 is 2.04 bits per heavy atom. The zero-order valence-corrected chi connectivity index (χ0v) is 26.2. The van der Waals surface area contributed by atoms with Crippen LogP contribution < -0.4 is 15.5 Å². The highest BCUT2D eigenvalue weighted by Gasteiger charge is 2.39. The number of nitrogens with zero attached hydrogens (tertiary/aromatic N) is 4. The third-order valence-corrected chi connectivity index (χ3v) is 8.77. The van der Waals surface area contributed by atoms with Gasteiger partial charge in [-0.15, -0.1) is 0 Å². The van der Waals surface area contributed by atoms with E-state index in [1.807, 2.05) is 84.9 Å². The molecule has 4 aromatic rings. The van der Waals surface area contributed by atoms with Crippen molar-refractivity contribution >= 4 is 12.0 Å². The number of amides is 2. The molecule has 10 nitrogen and oxygen atoms in total. The van der Waals surface area contributed by atoms with E-state index in [-0.39, 0.29) is 30.8 Å². The van der Waals surface area contributed by atoms with Gasteiger partial charge in [0.15, 0.2) is 6.29 Å². The summed E-state index contributed by atoms with van der Waals surface area (Å²) >= 11 is 0. The molecule has 2 fully saturated rings. The van der Waals surface area contributed by atoms with E-state index in [0.29, 0.717) is 13.1 Å². The fourth-order valence-corrected chi connectivity index (χ4v) is 5.98. The molecule has 4 unspecified atom stereocenters. The molecule has 10 heteroatoms. The van der Waals surface area contributed by atoms with Gasteiger partial charge in [-0.25, -0.2) is 14.8 Å². The largest absolute Gasteiger partial charge is 0.392 e. The Hall–Kier alpha value is -4.35. The highest BCUT2D eigenvalue weighted by atomic mass is 16.7. The zero-order chi connectivity index (χ0) is 31.7. The maximum atomic E-state index is 12.3. The first-order chi connectivity index (χ1) is 22.6. The topological polar surface area (TPSA) is 112 Å². The van der Waals surface area contributed by atoms with Crippen molar-refractivity contribution in [2.45, 2.75) is 45.1 Å². The molecule has 0 saturated carbocycles. The number of aliphatic hydroxyl groups is 1. The van der Waals surface area contributed by atoms with Crippen molar-refractivity contribution in [3.05, 3.63) is 125 Å². The third-order valence-electron chi connectivity index (χ3n) is 8.77. The van der Waals surface area contributed by atoms with Gasteiger partial charge >= 0.3 is 6.03 Å². The summed E-state index contributed by atoms with van der Waals surface area (Å²) in [6, 6.07) is 27.5. The van der Waals surface area contributed by atoms with Crippen molar-refractivity contribution in [3.63, 3.8) is 0 Å². The van der Waals surface area contributed by atoms with Crippen molar-refractivity contribution < 1.29 is 19.4 Å². The van der Waals surface area contributed by atoms with Crippen LogP contribution in [0.2, 0.25) is 0 Å². The summed E-state index contributed by atoms with van der Waals surface area (Å²) in [6.07, 6.45) is 2.79. The number of nitrogens with one attached hydrogen (secondary N) is 2. The van der Waals surface area contributed by atoms with Crippen LogP contribution >= 0.6 is 0 Å². The van der Waals surface area contributed by atoms with Crippen molar-refractivity contribution in [3.8, 4) is 0 Å². The predicted molar refractivity (Wildman–Crippen MR) is 176 cm³/mol. The molecule has 4 atom stereocenters. The Morgan fingerprint density at radius 1 is 0.783 bits per heavy atom.